The second-order valence-corrected chi connectivity index (χ2v) is 5.33. The highest BCUT2D eigenvalue weighted by atomic mass is 79.9. The van der Waals surface area contributed by atoms with Crippen molar-refractivity contribution in [3.63, 3.8) is 0 Å². The van der Waals surface area contributed by atoms with Gasteiger partial charge in [-0.3, -0.25) is 4.79 Å². The van der Waals surface area contributed by atoms with Crippen molar-refractivity contribution in [1.82, 2.24) is 5.32 Å². The SMILES string of the molecule is O=C(NCCOc1ccccc1C(=O)O)c1ccc(Br)cc1. The molecule has 0 fully saturated rings. The fraction of sp³-hybridized carbons (Fsp3) is 0.125. The van der Waals surface area contributed by atoms with E-state index in [1.807, 2.05) is 0 Å². The first kappa shape index (κ1) is 16.0. The molecule has 114 valence electrons. The van der Waals surface area contributed by atoms with Crippen molar-refractivity contribution in [2.45, 2.75) is 0 Å². The molecule has 0 atom stereocenters. The molecular formula is C16H14BrNO4. The highest BCUT2D eigenvalue weighted by Gasteiger charge is 2.10. The molecule has 0 saturated carbocycles. The van der Waals surface area contributed by atoms with E-state index in [1.165, 1.54) is 6.07 Å². The summed E-state index contributed by atoms with van der Waals surface area (Å²) in [6.45, 7) is 0.468. The van der Waals surface area contributed by atoms with Gasteiger partial charge in [0.25, 0.3) is 5.91 Å². The van der Waals surface area contributed by atoms with Crippen molar-refractivity contribution in [2.24, 2.45) is 0 Å². The van der Waals surface area contributed by atoms with E-state index in [0.717, 1.165) is 4.47 Å². The zero-order valence-electron chi connectivity index (χ0n) is 11.6. The maximum absolute atomic E-state index is 11.9. The molecule has 0 aliphatic heterocycles. The fourth-order valence-corrected chi connectivity index (χ4v) is 2.06. The summed E-state index contributed by atoms with van der Waals surface area (Å²) in [5.74, 6) is -0.968. The summed E-state index contributed by atoms with van der Waals surface area (Å²) < 4.78 is 6.30. The molecule has 0 spiro atoms. The van der Waals surface area contributed by atoms with Gasteiger partial charge in [0.15, 0.2) is 0 Å². The molecule has 0 aromatic heterocycles. The molecule has 5 nitrogen and oxygen atoms in total. The molecule has 0 unspecified atom stereocenters. The molecule has 0 saturated heterocycles. The molecule has 1 amide bonds. The number of aromatic carboxylic acids is 1. The number of hydrogen-bond acceptors (Lipinski definition) is 3. The molecule has 0 heterocycles. The summed E-state index contributed by atoms with van der Waals surface area (Å²) in [6.07, 6.45) is 0. The summed E-state index contributed by atoms with van der Waals surface area (Å²) >= 11 is 3.30. The van der Waals surface area contributed by atoms with Crippen LogP contribution in [-0.4, -0.2) is 30.1 Å². The van der Waals surface area contributed by atoms with E-state index in [2.05, 4.69) is 21.2 Å². The molecule has 2 aromatic carbocycles. The zero-order chi connectivity index (χ0) is 15.9. The molecule has 6 heteroatoms. The summed E-state index contributed by atoms with van der Waals surface area (Å²) in [5, 5.41) is 11.7. The van der Waals surface area contributed by atoms with Crippen molar-refractivity contribution < 1.29 is 19.4 Å². The number of halogens is 1. The average molecular weight is 364 g/mol. The first-order valence-electron chi connectivity index (χ1n) is 6.57. The quantitative estimate of drug-likeness (QED) is 0.773. The Kier molecular flexibility index (Phi) is 5.55. The highest BCUT2D eigenvalue weighted by molar-refractivity contribution is 9.10. The van der Waals surface area contributed by atoms with Crippen LogP contribution in [0.3, 0.4) is 0 Å². The number of carboxylic acids is 1. The van der Waals surface area contributed by atoms with Crippen LogP contribution in [0.25, 0.3) is 0 Å². The minimum Gasteiger partial charge on any atom is -0.491 e. The molecule has 0 aliphatic carbocycles. The topological polar surface area (TPSA) is 75.6 Å². The Bertz CT molecular complexity index is 670. The third kappa shape index (κ3) is 4.33. The largest absolute Gasteiger partial charge is 0.491 e. The molecular weight excluding hydrogens is 350 g/mol. The summed E-state index contributed by atoms with van der Waals surface area (Å²) in [5.41, 5.74) is 0.649. The van der Waals surface area contributed by atoms with Gasteiger partial charge in [-0.05, 0) is 36.4 Å². The lowest BCUT2D eigenvalue weighted by atomic mass is 10.2. The smallest absolute Gasteiger partial charge is 0.339 e. The fourth-order valence-electron chi connectivity index (χ4n) is 1.80. The van der Waals surface area contributed by atoms with Gasteiger partial charge in [-0.15, -0.1) is 0 Å². The molecule has 0 bridgehead atoms. The number of rotatable bonds is 6. The van der Waals surface area contributed by atoms with E-state index in [9.17, 15) is 9.59 Å². The molecule has 0 aliphatic rings. The van der Waals surface area contributed by atoms with Crippen LogP contribution in [0.2, 0.25) is 0 Å². The molecule has 2 N–H and O–H groups in total. The van der Waals surface area contributed by atoms with E-state index in [0.29, 0.717) is 5.56 Å². The van der Waals surface area contributed by atoms with Crippen molar-refractivity contribution >= 4 is 27.8 Å². The number of para-hydroxylation sites is 1. The summed E-state index contributed by atoms with van der Waals surface area (Å²) in [6, 6.07) is 13.4. The number of carboxylic acid groups (broad SMARTS) is 1. The van der Waals surface area contributed by atoms with E-state index in [1.54, 1.807) is 42.5 Å². The standard InChI is InChI=1S/C16H14BrNO4/c17-12-7-5-11(6-8-12)15(19)18-9-10-22-14-4-2-1-3-13(14)16(20)21/h1-8H,9-10H2,(H,18,19)(H,20,21). The van der Waals surface area contributed by atoms with Gasteiger partial charge in [0.05, 0.1) is 6.54 Å². The first-order chi connectivity index (χ1) is 10.6. The van der Waals surface area contributed by atoms with Crippen LogP contribution in [-0.2, 0) is 0 Å². The molecule has 2 rings (SSSR count). The van der Waals surface area contributed by atoms with Crippen LogP contribution in [0.5, 0.6) is 5.75 Å². The average Bonchev–Trinajstić information content (AvgIpc) is 2.52. The van der Waals surface area contributed by atoms with Gasteiger partial charge in [0, 0.05) is 10.0 Å². The van der Waals surface area contributed by atoms with E-state index < -0.39 is 5.97 Å². The van der Waals surface area contributed by atoms with Gasteiger partial charge in [-0.2, -0.15) is 0 Å². The van der Waals surface area contributed by atoms with E-state index >= 15 is 0 Å². The van der Waals surface area contributed by atoms with Gasteiger partial charge in [-0.25, -0.2) is 4.79 Å². The zero-order valence-corrected chi connectivity index (χ0v) is 13.2. The lowest BCUT2D eigenvalue weighted by Crippen LogP contribution is -2.28. The van der Waals surface area contributed by atoms with Gasteiger partial charge < -0.3 is 15.2 Å². The number of benzene rings is 2. The Balaban J connectivity index is 1.83. The van der Waals surface area contributed by atoms with Crippen LogP contribution < -0.4 is 10.1 Å². The Labute approximate surface area is 136 Å². The Morgan fingerprint density at radius 2 is 1.77 bits per heavy atom. The minimum absolute atomic E-state index is 0.0988. The van der Waals surface area contributed by atoms with Crippen molar-refractivity contribution in [1.29, 1.82) is 0 Å². The number of carbonyl (C=O) groups is 2. The normalized spacial score (nSPS) is 10.0. The summed E-state index contributed by atoms with van der Waals surface area (Å²) in [4.78, 5) is 22.9. The summed E-state index contributed by atoms with van der Waals surface area (Å²) in [7, 11) is 0. The number of nitrogens with one attached hydrogen (secondary N) is 1. The highest BCUT2D eigenvalue weighted by Crippen LogP contribution is 2.17. The van der Waals surface area contributed by atoms with Crippen LogP contribution in [0, 0.1) is 0 Å². The second-order valence-electron chi connectivity index (χ2n) is 4.41. The number of amides is 1. The maximum Gasteiger partial charge on any atom is 0.339 e. The van der Waals surface area contributed by atoms with Gasteiger partial charge in [0.1, 0.15) is 17.9 Å². The van der Waals surface area contributed by atoms with Gasteiger partial charge >= 0.3 is 5.97 Å². The molecule has 0 radical (unpaired) electrons. The number of ether oxygens (including phenoxy) is 1. The lowest BCUT2D eigenvalue weighted by Gasteiger charge is -2.10. The predicted molar refractivity (Wildman–Crippen MR) is 85.4 cm³/mol. The van der Waals surface area contributed by atoms with Crippen LogP contribution in [0.1, 0.15) is 20.7 Å². The van der Waals surface area contributed by atoms with Crippen molar-refractivity contribution in [3.05, 3.63) is 64.1 Å². The van der Waals surface area contributed by atoms with Gasteiger partial charge in [-0.1, -0.05) is 28.1 Å². The first-order valence-corrected chi connectivity index (χ1v) is 7.36. The number of hydrogen-bond donors (Lipinski definition) is 2. The third-order valence-corrected chi connectivity index (χ3v) is 3.40. The van der Waals surface area contributed by atoms with E-state index in [4.69, 9.17) is 9.84 Å². The van der Waals surface area contributed by atoms with Gasteiger partial charge in [0.2, 0.25) is 0 Å². The lowest BCUT2D eigenvalue weighted by molar-refractivity contribution is 0.0691. The maximum atomic E-state index is 11.9. The Morgan fingerprint density at radius 1 is 1.09 bits per heavy atom. The van der Waals surface area contributed by atoms with Crippen LogP contribution >= 0.6 is 15.9 Å². The third-order valence-electron chi connectivity index (χ3n) is 2.87. The molecule has 22 heavy (non-hydrogen) atoms. The van der Waals surface area contributed by atoms with E-state index in [-0.39, 0.29) is 30.4 Å². The number of carbonyl (C=O) groups excluding carboxylic acids is 1. The minimum atomic E-state index is -1.05. The van der Waals surface area contributed by atoms with Crippen molar-refractivity contribution in [3.8, 4) is 5.75 Å². The van der Waals surface area contributed by atoms with Crippen LogP contribution in [0.4, 0.5) is 0 Å². The van der Waals surface area contributed by atoms with Crippen LogP contribution in [0.15, 0.2) is 53.0 Å². The van der Waals surface area contributed by atoms with Crippen molar-refractivity contribution in [2.75, 3.05) is 13.2 Å². The second kappa shape index (κ2) is 7.61. The molecule has 2 aromatic rings. The Morgan fingerprint density at radius 3 is 2.45 bits per heavy atom. The Hall–Kier alpha value is -2.34. The predicted octanol–water partition coefficient (Wildman–Crippen LogP) is 2.96. The monoisotopic (exact) mass is 363 g/mol.